The zero-order chi connectivity index (χ0) is 31.7. The summed E-state index contributed by atoms with van der Waals surface area (Å²) in [7, 11) is -7.35. The van der Waals surface area contributed by atoms with Crippen molar-refractivity contribution in [3.05, 3.63) is 157 Å². The average Bonchev–Trinajstić information content (AvgIpc) is 3.50. The first-order chi connectivity index (χ1) is 21.8. The molecule has 0 unspecified atom stereocenters. The summed E-state index contributed by atoms with van der Waals surface area (Å²) in [5.74, 6) is 0.473. The molecule has 0 amide bonds. The van der Waals surface area contributed by atoms with E-state index in [2.05, 4.69) is 115 Å². The third-order valence-corrected chi connectivity index (χ3v) is 13.6. The van der Waals surface area contributed by atoms with Gasteiger partial charge in [-0.1, -0.05) is 115 Å². The van der Waals surface area contributed by atoms with Crippen molar-refractivity contribution < 1.29 is 33.7 Å². The van der Waals surface area contributed by atoms with Gasteiger partial charge in [0.2, 0.25) is 5.44 Å². The van der Waals surface area contributed by atoms with Crippen LogP contribution in [0.2, 0.25) is 0 Å². The Labute approximate surface area is 272 Å². The molecule has 0 saturated carbocycles. The summed E-state index contributed by atoms with van der Waals surface area (Å²) in [6.45, 7) is 0. The van der Waals surface area contributed by atoms with Crippen molar-refractivity contribution in [3.63, 3.8) is 0 Å². The number of thioether (sulfide) groups is 1. The smallest absolute Gasteiger partial charge is 0.223 e. The maximum absolute atomic E-state index is 13.2. The Morgan fingerprint density at radius 1 is 0.622 bits per heavy atom. The second kappa shape index (κ2) is 15.1. The summed E-state index contributed by atoms with van der Waals surface area (Å²) in [6, 6.07) is 52.2. The molecule has 0 aliphatic rings. The van der Waals surface area contributed by atoms with E-state index in [1.165, 1.54) is 15.9 Å². The van der Waals surface area contributed by atoms with Gasteiger partial charge in [-0.15, -0.1) is 33.3 Å². The van der Waals surface area contributed by atoms with Crippen molar-refractivity contribution in [2.24, 2.45) is 0 Å². The molecule has 0 radical (unpaired) electrons. The molecule has 6 nitrogen and oxygen atoms in total. The average molecular weight is 672 g/mol. The fourth-order valence-corrected chi connectivity index (χ4v) is 12.1. The molecule has 0 fully saturated rings. The predicted molar refractivity (Wildman–Crippen MR) is 174 cm³/mol. The molecule has 1 aromatic heterocycles. The molecule has 6 aromatic rings. The number of Topliss-reactive ketones (excluding diaryl/α,β-unsaturated/α-hetero) is 1. The molecule has 0 N–H and O–H groups in total. The summed E-state index contributed by atoms with van der Waals surface area (Å²) < 4.78 is 35.1. The zero-order valence-electron chi connectivity index (χ0n) is 23.8. The van der Waals surface area contributed by atoms with Crippen molar-refractivity contribution in [1.29, 1.82) is 0 Å². The summed E-state index contributed by atoms with van der Waals surface area (Å²) >= 11 is 3.30. The summed E-state index contributed by atoms with van der Waals surface area (Å²) in [6.07, 6.45) is 0. The van der Waals surface area contributed by atoms with Gasteiger partial charge in [-0.25, -0.2) is 18.6 Å². The highest BCUT2D eigenvalue weighted by atomic mass is 35.7. The molecule has 1 heterocycles. The Hall–Kier alpha value is -3.69. The van der Waals surface area contributed by atoms with E-state index in [1.54, 1.807) is 23.1 Å². The Morgan fingerprint density at radius 3 is 1.42 bits per heavy atom. The van der Waals surface area contributed by atoms with Crippen LogP contribution in [0.25, 0.3) is 10.6 Å². The molecule has 0 aliphatic heterocycles. The van der Waals surface area contributed by atoms with Crippen molar-refractivity contribution >= 4 is 57.5 Å². The highest BCUT2D eigenvalue weighted by molar-refractivity contribution is 8.05. The fraction of sp³-hybridized carbons (Fsp3) is 0.0286. The fourth-order valence-electron chi connectivity index (χ4n) is 4.92. The quantitative estimate of drug-likeness (QED) is 0.132. The van der Waals surface area contributed by atoms with Crippen LogP contribution in [0, 0.1) is 10.2 Å². The number of aromatic nitrogens is 1. The molecule has 0 atom stereocenters. The lowest BCUT2D eigenvalue weighted by atomic mass is 10.2. The lowest BCUT2D eigenvalue weighted by Gasteiger charge is -2.26. The summed E-state index contributed by atoms with van der Waals surface area (Å²) in [5, 5.41) is 4.70. The van der Waals surface area contributed by atoms with Gasteiger partial charge >= 0.3 is 0 Å². The van der Waals surface area contributed by atoms with Crippen LogP contribution in [0.1, 0.15) is 10.4 Å². The van der Waals surface area contributed by atoms with E-state index in [1.807, 2.05) is 36.4 Å². The number of hydrogen-bond acceptors (Lipinski definition) is 8. The molecule has 0 bridgehead atoms. The van der Waals surface area contributed by atoms with Crippen molar-refractivity contribution in [1.82, 2.24) is 4.98 Å². The number of rotatable bonds is 9. The summed E-state index contributed by atoms with van der Waals surface area (Å²) in [5.41, 5.74) is 2.88. The number of nitrogens with zero attached hydrogens (tertiary/aromatic N) is 1. The van der Waals surface area contributed by atoms with Crippen molar-refractivity contribution in [3.8, 4) is 10.6 Å². The van der Waals surface area contributed by atoms with E-state index in [4.69, 9.17) is 23.6 Å². The predicted octanol–water partition coefficient (Wildman–Crippen LogP) is 2.65. The SMILES string of the molecule is O=C(CSc1sc(-c2ccccc2)nc1[P+](c1ccccc1)(c1ccccc1)c1ccccc1)c1ccccc1.[O-][Cl+3]([O-])([O-])[O-]. The molecule has 0 saturated heterocycles. The Kier molecular flexibility index (Phi) is 10.9. The number of thiazole rings is 1. The molecule has 0 spiro atoms. The first-order valence-electron chi connectivity index (χ1n) is 13.7. The van der Waals surface area contributed by atoms with Gasteiger partial charge in [0, 0.05) is 11.1 Å². The first kappa shape index (κ1) is 32.7. The number of ketones is 1. The van der Waals surface area contributed by atoms with Crippen molar-refractivity contribution in [2.75, 3.05) is 5.75 Å². The second-order valence-corrected chi connectivity index (χ2v) is 15.9. The van der Waals surface area contributed by atoms with Gasteiger partial charge in [-0.3, -0.25) is 4.79 Å². The minimum atomic E-state index is -4.94. The number of halogens is 1. The Bertz CT molecular complexity index is 1700. The normalized spacial score (nSPS) is 11.4. The lowest BCUT2D eigenvalue weighted by molar-refractivity contribution is -2.00. The lowest BCUT2D eigenvalue weighted by Crippen LogP contribution is -2.68. The molecule has 45 heavy (non-hydrogen) atoms. The summed E-state index contributed by atoms with van der Waals surface area (Å²) in [4.78, 5) is 18.7. The Balaban J connectivity index is 0.000000743. The number of benzene rings is 5. The molecule has 6 rings (SSSR count). The molecular formula is C35H27ClNO5PS2. The zero-order valence-corrected chi connectivity index (χ0v) is 27.1. The topological polar surface area (TPSA) is 122 Å². The van der Waals surface area contributed by atoms with Gasteiger partial charge < -0.3 is 0 Å². The van der Waals surface area contributed by atoms with E-state index in [0.29, 0.717) is 5.75 Å². The third-order valence-electron chi connectivity index (χ3n) is 6.78. The van der Waals surface area contributed by atoms with Crippen LogP contribution in [-0.4, -0.2) is 16.5 Å². The Morgan fingerprint density at radius 2 is 1.00 bits per heavy atom. The molecular weight excluding hydrogens is 645 g/mol. The van der Waals surface area contributed by atoms with E-state index in [-0.39, 0.29) is 5.78 Å². The highest BCUT2D eigenvalue weighted by Crippen LogP contribution is 2.57. The van der Waals surface area contributed by atoms with Crippen LogP contribution in [0.3, 0.4) is 0 Å². The second-order valence-electron chi connectivity index (χ2n) is 9.63. The van der Waals surface area contributed by atoms with E-state index >= 15 is 0 Å². The monoisotopic (exact) mass is 671 g/mol. The largest absolute Gasteiger partial charge is 0.293 e. The minimum Gasteiger partial charge on any atom is -0.293 e. The van der Waals surface area contributed by atoms with Crippen LogP contribution in [-0.2, 0) is 0 Å². The third kappa shape index (κ3) is 8.13. The number of carbonyl (C=O) groups excluding carboxylic acids is 1. The van der Waals surface area contributed by atoms with Crippen LogP contribution in [0.15, 0.2) is 156 Å². The molecule has 10 heteroatoms. The van der Waals surface area contributed by atoms with Gasteiger partial charge in [0.1, 0.15) is 25.1 Å². The highest BCUT2D eigenvalue weighted by Gasteiger charge is 2.52. The standard InChI is InChI=1S/C35H27NOPS2.ClHO4/c37-32(27-16-6-1-7-17-27)26-39-35-33(36-34(40-35)28-18-8-2-9-19-28)38(29-20-10-3-11-21-29,30-22-12-4-13-23-30)31-24-14-5-15-25-31;2-1(3,4)5/h1-25H,26H2;(H,2,3,4,5)/q+1;/p-1. The van der Waals surface area contributed by atoms with Gasteiger partial charge in [-0.05, 0) is 36.4 Å². The molecule has 5 aromatic carbocycles. The maximum Gasteiger partial charge on any atom is 0.223 e. The first-order valence-corrected chi connectivity index (χ1v) is 18.5. The van der Waals surface area contributed by atoms with Gasteiger partial charge in [0.05, 0.1) is 5.75 Å². The van der Waals surface area contributed by atoms with Gasteiger partial charge in [0.25, 0.3) is 0 Å². The molecule has 226 valence electrons. The number of carbonyl (C=O) groups is 1. The minimum absolute atomic E-state index is 0.120. The van der Waals surface area contributed by atoms with Gasteiger partial charge in [0.15, 0.2) is 13.0 Å². The van der Waals surface area contributed by atoms with E-state index in [0.717, 1.165) is 25.8 Å². The van der Waals surface area contributed by atoms with Crippen LogP contribution >= 0.6 is 30.4 Å². The van der Waals surface area contributed by atoms with Crippen LogP contribution in [0.4, 0.5) is 0 Å². The van der Waals surface area contributed by atoms with Crippen LogP contribution < -0.4 is 40.0 Å². The van der Waals surface area contributed by atoms with E-state index in [9.17, 15) is 4.79 Å². The maximum atomic E-state index is 13.2. The number of hydrogen-bond donors (Lipinski definition) is 0. The van der Waals surface area contributed by atoms with Crippen molar-refractivity contribution in [2.45, 2.75) is 4.21 Å². The molecule has 0 aliphatic carbocycles. The van der Waals surface area contributed by atoms with Crippen LogP contribution in [0.5, 0.6) is 0 Å². The van der Waals surface area contributed by atoms with E-state index < -0.39 is 17.5 Å². The van der Waals surface area contributed by atoms with Gasteiger partial charge in [-0.2, -0.15) is 4.98 Å².